The lowest BCUT2D eigenvalue weighted by molar-refractivity contribution is -0.137. The van der Waals surface area contributed by atoms with E-state index in [1.807, 2.05) is 18.2 Å². The van der Waals surface area contributed by atoms with Gasteiger partial charge in [0.05, 0.1) is 12.7 Å². The Bertz CT molecular complexity index is 916. The summed E-state index contributed by atoms with van der Waals surface area (Å²) in [7, 11) is 1.50. The molecule has 0 spiro atoms. The Hall–Kier alpha value is -2.95. The van der Waals surface area contributed by atoms with E-state index in [4.69, 9.17) is 4.74 Å². The van der Waals surface area contributed by atoms with Crippen LogP contribution in [0.3, 0.4) is 0 Å². The Morgan fingerprint density at radius 2 is 1.48 bits per heavy atom. The highest BCUT2D eigenvalue weighted by atomic mass is 19.4. The minimum Gasteiger partial charge on any atom is -0.504 e. The minimum absolute atomic E-state index is 0.0916. The molecule has 3 aromatic carbocycles. The number of hydrogen-bond acceptors (Lipinski definition) is 2. The van der Waals surface area contributed by atoms with Gasteiger partial charge in [-0.2, -0.15) is 13.2 Å². The minimum atomic E-state index is -4.38. The molecule has 0 bridgehead atoms. The smallest absolute Gasteiger partial charge is 0.417 e. The molecule has 0 fully saturated rings. The van der Waals surface area contributed by atoms with Crippen molar-refractivity contribution in [3.63, 3.8) is 0 Å². The van der Waals surface area contributed by atoms with Crippen LogP contribution >= 0.6 is 0 Å². The molecule has 0 heterocycles. The van der Waals surface area contributed by atoms with Crippen LogP contribution in [0.15, 0.2) is 66.7 Å². The van der Waals surface area contributed by atoms with Gasteiger partial charge in [0.2, 0.25) is 0 Å². The quantitative estimate of drug-likeness (QED) is 0.607. The fraction of sp³-hybridized carbons (Fsp3) is 0.182. The number of alkyl halides is 3. The average molecular weight is 372 g/mol. The van der Waals surface area contributed by atoms with Gasteiger partial charge in [-0.3, -0.25) is 0 Å². The monoisotopic (exact) mass is 372 g/mol. The summed E-state index contributed by atoms with van der Waals surface area (Å²) in [4.78, 5) is 0. The molecule has 0 aliphatic carbocycles. The predicted octanol–water partition coefficient (Wildman–Crippen LogP) is 5.87. The van der Waals surface area contributed by atoms with Crippen LogP contribution in [-0.2, 0) is 19.0 Å². The lowest BCUT2D eigenvalue weighted by Crippen LogP contribution is -2.06. The second kappa shape index (κ2) is 7.74. The number of rotatable bonds is 5. The SMILES string of the molecule is COc1cc(CCc2ccc(-c3ccccc3C(F)(F)F)cc2)ccc1O. The van der Waals surface area contributed by atoms with Gasteiger partial charge in [0.1, 0.15) is 0 Å². The van der Waals surface area contributed by atoms with Crippen molar-refractivity contribution in [2.24, 2.45) is 0 Å². The van der Waals surface area contributed by atoms with E-state index in [9.17, 15) is 18.3 Å². The number of benzene rings is 3. The number of phenolic OH excluding ortho intramolecular Hbond substituents is 1. The second-order valence-corrected chi connectivity index (χ2v) is 6.25. The van der Waals surface area contributed by atoms with Crippen LogP contribution in [0.5, 0.6) is 11.5 Å². The van der Waals surface area contributed by atoms with Crippen LogP contribution < -0.4 is 4.74 Å². The topological polar surface area (TPSA) is 29.5 Å². The first-order chi connectivity index (χ1) is 12.9. The molecule has 0 saturated carbocycles. The number of hydrogen-bond donors (Lipinski definition) is 1. The predicted molar refractivity (Wildman–Crippen MR) is 98.9 cm³/mol. The van der Waals surface area contributed by atoms with Crippen molar-refractivity contribution in [3.8, 4) is 22.6 Å². The molecule has 3 aromatic rings. The van der Waals surface area contributed by atoms with E-state index in [1.54, 1.807) is 30.3 Å². The van der Waals surface area contributed by atoms with Crippen molar-refractivity contribution in [1.29, 1.82) is 0 Å². The fourth-order valence-electron chi connectivity index (χ4n) is 3.00. The molecule has 0 aliphatic heterocycles. The molecule has 27 heavy (non-hydrogen) atoms. The molecule has 3 rings (SSSR count). The van der Waals surface area contributed by atoms with Gasteiger partial charge in [-0.05, 0) is 53.3 Å². The Morgan fingerprint density at radius 1 is 0.852 bits per heavy atom. The van der Waals surface area contributed by atoms with Crippen molar-refractivity contribution in [2.75, 3.05) is 7.11 Å². The van der Waals surface area contributed by atoms with Crippen LogP contribution in [-0.4, -0.2) is 12.2 Å². The molecule has 5 heteroatoms. The molecule has 2 nitrogen and oxygen atoms in total. The van der Waals surface area contributed by atoms with Crippen LogP contribution in [0.25, 0.3) is 11.1 Å². The third kappa shape index (κ3) is 4.42. The Labute approximate surface area is 155 Å². The molecule has 0 aromatic heterocycles. The molecular weight excluding hydrogens is 353 g/mol. The first-order valence-corrected chi connectivity index (χ1v) is 8.50. The summed E-state index contributed by atoms with van der Waals surface area (Å²) in [5.74, 6) is 0.514. The van der Waals surface area contributed by atoms with Crippen molar-refractivity contribution in [3.05, 3.63) is 83.4 Å². The Kier molecular flexibility index (Phi) is 5.40. The lowest BCUT2D eigenvalue weighted by atomic mass is 9.97. The van der Waals surface area contributed by atoms with Gasteiger partial charge >= 0.3 is 6.18 Å². The summed E-state index contributed by atoms with van der Waals surface area (Å²) in [6.45, 7) is 0. The van der Waals surface area contributed by atoms with Crippen molar-refractivity contribution >= 4 is 0 Å². The fourth-order valence-corrected chi connectivity index (χ4v) is 3.00. The van der Waals surface area contributed by atoms with E-state index in [0.717, 1.165) is 30.0 Å². The largest absolute Gasteiger partial charge is 0.504 e. The zero-order chi connectivity index (χ0) is 19.4. The number of aryl methyl sites for hydroxylation is 2. The zero-order valence-corrected chi connectivity index (χ0v) is 14.8. The summed E-state index contributed by atoms with van der Waals surface area (Å²) >= 11 is 0. The van der Waals surface area contributed by atoms with Gasteiger partial charge in [-0.15, -0.1) is 0 Å². The molecule has 1 N–H and O–H groups in total. The maximum Gasteiger partial charge on any atom is 0.417 e. The lowest BCUT2D eigenvalue weighted by Gasteiger charge is -2.13. The van der Waals surface area contributed by atoms with E-state index in [2.05, 4.69) is 0 Å². The van der Waals surface area contributed by atoms with E-state index in [1.165, 1.54) is 19.2 Å². The molecule has 0 amide bonds. The van der Waals surface area contributed by atoms with E-state index >= 15 is 0 Å². The molecule has 0 aliphatic rings. The zero-order valence-electron chi connectivity index (χ0n) is 14.8. The summed E-state index contributed by atoms with van der Waals surface area (Å²) in [5, 5.41) is 9.63. The van der Waals surface area contributed by atoms with Crippen molar-refractivity contribution in [2.45, 2.75) is 19.0 Å². The first-order valence-electron chi connectivity index (χ1n) is 8.50. The van der Waals surface area contributed by atoms with E-state index in [-0.39, 0.29) is 11.3 Å². The Balaban J connectivity index is 1.75. The number of phenols is 1. The second-order valence-electron chi connectivity index (χ2n) is 6.25. The molecule has 0 atom stereocenters. The van der Waals surface area contributed by atoms with Gasteiger partial charge < -0.3 is 9.84 Å². The molecule has 0 unspecified atom stereocenters. The number of aromatic hydroxyl groups is 1. The molecule has 0 radical (unpaired) electrons. The van der Waals surface area contributed by atoms with E-state index in [0.29, 0.717) is 11.3 Å². The normalized spacial score (nSPS) is 11.4. The first kappa shape index (κ1) is 18.8. The number of ether oxygens (including phenoxy) is 1. The highest BCUT2D eigenvalue weighted by Gasteiger charge is 2.33. The summed E-state index contributed by atoms with van der Waals surface area (Å²) in [6, 6.07) is 17.9. The van der Waals surface area contributed by atoms with Crippen molar-refractivity contribution in [1.82, 2.24) is 0 Å². The van der Waals surface area contributed by atoms with Gasteiger partial charge in [0.25, 0.3) is 0 Å². The summed E-state index contributed by atoms with van der Waals surface area (Å²) in [6.07, 6.45) is -2.92. The van der Waals surface area contributed by atoms with Crippen LogP contribution in [0.4, 0.5) is 13.2 Å². The Morgan fingerprint density at radius 3 is 2.15 bits per heavy atom. The van der Waals surface area contributed by atoms with Gasteiger partial charge in [0.15, 0.2) is 11.5 Å². The summed E-state index contributed by atoms with van der Waals surface area (Å²) < 4.78 is 44.7. The standard InChI is InChI=1S/C22H19F3O2/c1-27-21-14-16(10-13-20(21)26)7-6-15-8-11-17(12-9-15)18-4-2-3-5-19(18)22(23,24)25/h2-5,8-14,26H,6-7H2,1H3. The van der Waals surface area contributed by atoms with Crippen LogP contribution in [0.2, 0.25) is 0 Å². The van der Waals surface area contributed by atoms with Crippen molar-refractivity contribution < 1.29 is 23.0 Å². The van der Waals surface area contributed by atoms with Gasteiger partial charge in [-0.1, -0.05) is 48.5 Å². The van der Waals surface area contributed by atoms with Gasteiger partial charge in [-0.25, -0.2) is 0 Å². The summed E-state index contributed by atoms with van der Waals surface area (Å²) in [5.41, 5.74) is 2.12. The maximum absolute atomic E-state index is 13.2. The van der Waals surface area contributed by atoms with Crippen LogP contribution in [0.1, 0.15) is 16.7 Å². The van der Waals surface area contributed by atoms with Gasteiger partial charge in [0, 0.05) is 0 Å². The maximum atomic E-state index is 13.2. The van der Waals surface area contributed by atoms with E-state index < -0.39 is 11.7 Å². The van der Waals surface area contributed by atoms with Crippen LogP contribution in [0, 0.1) is 0 Å². The molecule has 140 valence electrons. The third-order valence-corrected chi connectivity index (χ3v) is 4.44. The highest BCUT2D eigenvalue weighted by Crippen LogP contribution is 2.37. The molecular formula is C22H19F3O2. The molecule has 0 saturated heterocycles. The highest BCUT2D eigenvalue weighted by molar-refractivity contribution is 5.68. The third-order valence-electron chi connectivity index (χ3n) is 4.44. The average Bonchev–Trinajstić information content (AvgIpc) is 2.67. The number of methoxy groups -OCH3 is 1. The number of halogens is 3.